The van der Waals surface area contributed by atoms with Crippen LogP contribution in [0.15, 0.2) is 4.52 Å². The van der Waals surface area contributed by atoms with Crippen molar-refractivity contribution in [2.75, 3.05) is 13.1 Å². The zero-order chi connectivity index (χ0) is 15.0. The molecule has 2 bridgehead atoms. The molecule has 2 heterocycles. The lowest BCUT2D eigenvalue weighted by Gasteiger charge is -2.25. The molecule has 2 fully saturated rings. The van der Waals surface area contributed by atoms with E-state index in [4.69, 9.17) is 4.52 Å². The molecule has 0 spiro atoms. The first kappa shape index (κ1) is 14.5. The van der Waals surface area contributed by atoms with Crippen molar-refractivity contribution >= 4 is 5.91 Å². The summed E-state index contributed by atoms with van der Waals surface area (Å²) < 4.78 is 5.17. The lowest BCUT2D eigenvalue weighted by Crippen LogP contribution is -2.41. The van der Waals surface area contributed by atoms with Gasteiger partial charge in [0.25, 0.3) is 0 Å². The lowest BCUT2D eigenvalue weighted by molar-refractivity contribution is -0.122. The topological polar surface area (TPSA) is 71.3 Å². The van der Waals surface area contributed by atoms with Gasteiger partial charge in [0.2, 0.25) is 11.8 Å². The Balaban J connectivity index is 1.46. The number of carbonyl (C=O) groups is 1. The smallest absolute Gasteiger partial charge is 0.246 e. The molecule has 1 aromatic rings. The second-order valence-electron chi connectivity index (χ2n) is 7.30. The van der Waals surface area contributed by atoms with Gasteiger partial charge >= 0.3 is 0 Å². The van der Waals surface area contributed by atoms with Gasteiger partial charge in [-0.3, -0.25) is 9.69 Å². The van der Waals surface area contributed by atoms with Crippen LogP contribution in [0.3, 0.4) is 0 Å². The van der Waals surface area contributed by atoms with Crippen LogP contribution in [0, 0.1) is 5.92 Å². The molecule has 0 unspecified atom stereocenters. The number of aromatic nitrogens is 2. The Hall–Kier alpha value is -1.43. The number of rotatable bonds is 4. The molecule has 1 saturated heterocycles. The Morgan fingerprint density at radius 1 is 1.43 bits per heavy atom. The van der Waals surface area contributed by atoms with Gasteiger partial charge in [-0.05, 0) is 25.2 Å². The van der Waals surface area contributed by atoms with Crippen molar-refractivity contribution in [1.82, 2.24) is 20.4 Å². The van der Waals surface area contributed by atoms with Crippen molar-refractivity contribution in [1.29, 1.82) is 0 Å². The second kappa shape index (κ2) is 5.40. The van der Waals surface area contributed by atoms with Gasteiger partial charge in [0.1, 0.15) is 0 Å². The van der Waals surface area contributed by atoms with Gasteiger partial charge in [0.15, 0.2) is 5.82 Å². The molecule has 0 radical (unpaired) electrons. The summed E-state index contributed by atoms with van der Waals surface area (Å²) in [7, 11) is 0. The highest BCUT2D eigenvalue weighted by atomic mass is 16.5. The van der Waals surface area contributed by atoms with E-state index < -0.39 is 0 Å². The van der Waals surface area contributed by atoms with Crippen LogP contribution in [0.1, 0.15) is 51.7 Å². The van der Waals surface area contributed by atoms with E-state index in [1.807, 2.05) is 20.8 Å². The molecular weight excluding hydrogens is 268 g/mol. The number of nitrogens with zero attached hydrogens (tertiary/aromatic N) is 3. The van der Waals surface area contributed by atoms with Crippen molar-refractivity contribution in [2.45, 2.75) is 58.0 Å². The van der Waals surface area contributed by atoms with Gasteiger partial charge in [-0.1, -0.05) is 25.9 Å². The first-order chi connectivity index (χ1) is 9.91. The number of hydrogen-bond donors (Lipinski definition) is 1. The quantitative estimate of drug-likeness (QED) is 0.910. The van der Waals surface area contributed by atoms with Gasteiger partial charge in [-0.2, -0.15) is 4.98 Å². The van der Waals surface area contributed by atoms with Gasteiger partial charge in [-0.15, -0.1) is 0 Å². The summed E-state index contributed by atoms with van der Waals surface area (Å²) in [4.78, 5) is 18.6. The molecule has 2 atom stereocenters. The first-order valence-electron chi connectivity index (χ1n) is 7.75. The Morgan fingerprint density at radius 3 is 2.81 bits per heavy atom. The van der Waals surface area contributed by atoms with Crippen LogP contribution in [0.2, 0.25) is 0 Å². The Kier molecular flexibility index (Phi) is 3.73. The van der Waals surface area contributed by atoms with Crippen LogP contribution in [-0.2, 0) is 16.8 Å². The molecule has 1 aliphatic heterocycles. The summed E-state index contributed by atoms with van der Waals surface area (Å²) in [6, 6.07) is 0.622. The Bertz CT molecular complexity index is 520. The molecule has 1 amide bonds. The highest BCUT2D eigenvalue weighted by molar-refractivity contribution is 5.78. The van der Waals surface area contributed by atoms with Gasteiger partial charge in [0, 0.05) is 18.0 Å². The van der Waals surface area contributed by atoms with Crippen molar-refractivity contribution in [2.24, 2.45) is 5.92 Å². The van der Waals surface area contributed by atoms with Gasteiger partial charge in [0.05, 0.1) is 13.1 Å². The summed E-state index contributed by atoms with van der Waals surface area (Å²) >= 11 is 0. The van der Waals surface area contributed by atoms with Crippen LogP contribution in [0.4, 0.5) is 0 Å². The van der Waals surface area contributed by atoms with Crippen LogP contribution in [0.25, 0.3) is 0 Å². The van der Waals surface area contributed by atoms with E-state index in [2.05, 4.69) is 20.4 Å². The minimum Gasteiger partial charge on any atom is -0.346 e. The van der Waals surface area contributed by atoms with Crippen molar-refractivity contribution in [3.63, 3.8) is 0 Å². The average molecular weight is 292 g/mol. The van der Waals surface area contributed by atoms with E-state index in [1.165, 1.54) is 19.3 Å². The number of carbonyl (C=O) groups excluding carboxylic acids is 1. The Morgan fingerprint density at radius 2 is 2.24 bits per heavy atom. The maximum atomic E-state index is 12.0. The van der Waals surface area contributed by atoms with E-state index in [9.17, 15) is 4.79 Å². The monoisotopic (exact) mass is 292 g/mol. The predicted molar refractivity (Wildman–Crippen MR) is 77.5 cm³/mol. The summed E-state index contributed by atoms with van der Waals surface area (Å²) in [5.74, 6) is 1.99. The summed E-state index contributed by atoms with van der Waals surface area (Å²) in [6.07, 6.45) is 3.85. The number of hydrogen-bond acceptors (Lipinski definition) is 5. The zero-order valence-electron chi connectivity index (χ0n) is 13.1. The number of amides is 1. The average Bonchev–Trinajstić information content (AvgIpc) is 3.11. The number of likely N-dealkylation sites (tertiary alicyclic amines) is 1. The van der Waals surface area contributed by atoms with E-state index in [0.717, 1.165) is 12.5 Å². The van der Waals surface area contributed by atoms with Crippen LogP contribution < -0.4 is 5.32 Å². The third-order valence-electron chi connectivity index (χ3n) is 4.45. The van der Waals surface area contributed by atoms with Gasteiger partial charge < -0.3 is 9.84 Å². The van der Waals surface area contributed by atoms with Crippen LogP contribution in [-0.4, -0.2) is 40.1 Å². The second-order valence-corrected chi connectivity index (χ2v) is 7.30. The van der Waals surface area contributed by atoms with Gasteiger partial charge in [-0.25, -0.2) is 0 Å². The minimum atomic E-state index is -0.138. The first-order valence-corrected chi connectivity index (χ1v) is 7.75. The number of fused-ring (bicyclic) bond motifs is 2. The van der Waals surface area contributed by atoms with Crippen LogP contribution >= 0.6 is 0 Å². The standard InChI is InChI=1S/C15H24N4O2/c1-15(2,3)14-17-13(21-18-14)7-16-12(20)9-19-8-10-4-5-11(19)6-10/h10-11H,4-9H2,1-3H3,(H,16,20)/t10-,11+/m1/s1. The summed E-state index contributed by atoms with van der Waals surface area (Å²) in [5, 5.41) is 6.83. The molecule has 1 aromatic heterocycles. The molecule has 6 nitrogen and oxygen atoms in total. The van der Waals surface area contributed by atoms with Crippen LogP contribution in [0.5, 0.6) is 0 Å². The van der Waals surface area contributed by atoms with Crippen molar-refractivity contribution in [3.8, 4) is 0 Å². The molecule has 1 aliphatic carbocycles. The van der Waals surface area contributed by atoms with E-state index in [-0.39, 0.29) is 11.3 Å². The fourth-order valence-corrected chi connectivity index (χ4v) is 3.27. The molecule has 116 valence electrons. The molecule has 0 aromatic carbocycles. The Labute approximate surface area is 125 Å². The van der Waals surface area contributed by atoms with Crippen molar-refractivity contribution in [3.05, 3.63) is 11.7 Å². The molecule has 21 heavy (non-hydrogen) atoms. The minimum absolute atomic E-state index is 0.0399. The lowest BCUT2D eigenvalue weighted by atomic mass is 9.96. The SMILES string of the molecule is CC(C)(C)c1noc(CNC(=O)CN2C[C@@H]3CC[C@H]2C3)n1. The maximum absolute atomic E-state index is 12.0. The number of piperidine rings is 1. The highest BCUT2D eigenvalue weighted by Gasteiger charge is 2.38. The van der Waals surface area contributed by atoms with E-state index in [0.29, 0.717) is 30.8 Å². The molecule has 3 rings (SSSR count). The molecule has 6 heteroatoms. The van der Waals surface area contributed by atoms with E-state index >= 15 is 0 Å². The normalized spacial score (nSPS) is 25.5. The number of nitrogens with one attached hydrogen (secondary N) is 1. The van der Waals surface area contributed by atoms with Crippen molar-refractivity contribution < 1.29 is 9.32 Å². The summed E-state index contributed by atoms with van der Waals surface area (Å²) in [5.41, 5.74) is -0.138. The molecule has 1 saturated carbocycles. The van der Waals surface area contributed by atoms with E-state index in [1.54, 1.807) is 0 Å². The third kappa shape index (κ3) is 3.26. The third-order valence-corrected chi connectivity index (χ3v) is 4.45. The fraction of sp³-hybridized carbons (Fsp3) is 0.800. The highest BCUT2D eigenvalue weighted by Crippen LogP contribution is 2.36. The molecule has 2 aliphatic rings. The molecule has 1 N–H and O–H groups in total. The molecular formula is C15H24N4O2. The maximum Gasteiger partial charge on any atom is 0.246 e. The fourth-order valence-electron chi connectivity index (χ4n) is 3.27. The largest absolute Gasteiger partial charge is 0.346 e. The predicted octanol–water partition coefficient (Wildman–Crippen LogP) is 1.47. The summed E-state index contributed by atoms with van der Waals surface area (Å²) in [6.45, 7) is 7.96. The zero-order valence-corrected chi connectivity index (χ0v) is 13.1.